The Morgan fingerprint density at radius 1 is 0.371 bits per heavy atom. The van der Waals surface area contributed by atoms with Gasteiger partial charge in [-0.1, -0.05) is 180 Å². The molecule has 0 aromatic carbocycles. The Labute approximate surface area is 381 Å². The Balaban J connectivity index is 4.47. The zero-order valence-corrected chi connectivity index (χ0v) is 39.8. The Hall–Kier alpha value is -3.96. The molecule has 0 fully saturated rings. The summed E-state index contributed by atoms with van der Waals surface area (Å²) in [6.45, 7) is 7.34. The van der Waals surface area contributed by atoms with Gasteiger partial charge in [-0.25, -0.2) is 0 Å². The molecule has 0 amide bonds. The molecule has 0 aliphatic heterocycles. The van der Waals surface area contributed by atoms with E-state index >= 15 is 0 Å². The van der Waals surface area contributed by atoms with Gasteiger partial charge in [0, 0.05) is 19.4 Å². The molecular weight excluding hydrogens is 765 g/mol. The zero-order chi connectivity index (χ0) is 44.9. The van der Waals surface area contributed by atoms with Crippen LogP contribution in [0.5, 0.6) is 0 Å². The zero-order valence-electron chi connectivity index (χ0n) is 39.8. The van der Waals surface area contributed by atoms with Crippen LogP contribution in [0.3, 0.4) is 0 Å². The van der Waals surface area contributed by atoms with Crippen molar-refractivity contribution < 1.29 is 23.8 Å². The maximum atomic E-state index is 12.8. The molecule has 5 heteroatoms. The Kier molecular flexibility index (Phi) is 48.1. The molecular formula is C57H90O5. The monoisotopic (exact) mass is 855 g/mol. The minimum absolute atomic E-state index is 0.0311. The van der Waals surface area contributed by atoms with Crippen LogP contribution < -0.4 is 0 Å². The summed E-state index contributed by atoms with van der Waals surface area (Å²) in [6, 6.07) is 0. The van der Waals surface area contributed by atoms with E-state index in [9.17, 15) is 9.59 Å². The first-order valence-corrected chi connectivity index (χ1v) is 24.7. The first-order chi connectivity index (χ1) is 30.6. The lowest BCUT2D eigenvalue weighted by Gasteiger charge is -2.18. The summed E-state index contributed by atoms with van der Waals surface area (Å²) < 4.78 is 17.3. The second-order valence-corrected chi connectivity index (χ2v) is 15.6. The molecule has 0 rings (SSSR count). The molecule has 0 saturated carbocycles. The average Bonchev–Trinajstić information content (AvgIpc) is 3.27. The van der Waals surface area contributed by atoms with E-state index < -0.39 is 6.10 Å². The number of hydrogen-bond donors (Lipinski definition) is 0. The van der Waals surface area contributed by atoms with Crippen LogP contribution in [-0.4, -0.2) is 37.9 Å². The molecule has 0 bridgehead atoms. The molecule has 1 unspecified atom stereocenters. The molecule has 0 aliphatic carbocycles. The smallest absolute Gasteiger partial charge is 0.306 e. The van der Waals surface area contributed by atoms with Gasteiger partial charge in [0.2, 0.25) is 0 Å². The van der Waals surface area contributed by atoms with E-state index in [-0.39, 0.29) is 25.2 Å². The number of rotatable bonds is 43. The Morgan fingerprint density at radius 2 is 0.726 bits per heavy atom. The third kappa shape index (κ3) is 48.7. The van der Waals surface area contributed by atoms with E-state index in [1.165, 1.54) is 19.3 Å². The van der Waals surface area contributed by atoms with E-state index in [1.807, 2.05) is 0 Å². The minimum atomic E-state index is -0.592. The molecule has 62 heavy (non-hydrogen) atoms. The van der Waals surface area contributed by atoms with Crippen LogP contribution in [0.15, 0.2) is 134 Å². The van der Waals surface area contributed by atoms with Crippen molar-refractivity contribution in [2.24, 2.45) is 0 Å². The predicted octanol–water partition coefficient (Wildman–Crippen LogP) is 16.8. The fraction of sp³-hybridized carbons (Fsp3) is 0.579. The number of hydrogen-bond acceptors (Lipinski definition) is 5. The number of carbonyl (C=O) groups is 2. The molecule has 0 aliphatic rings. The predicted molar refractivity (Wildman–Crippen MR) is 269 cm³/mol. The normalized spacial score (nSPS) is 13.4. The Morgan fingerprint density at radius 3 is 1.19 bits per heavy atom. The van der Waals surface area contributed by atoms with Gasteiger partial charge in [0.15, 0.2) is 6.10 Å². The summed E-state index contributed by atoms with van der Waals surface area (Å²) in [7, 11) is 0. The van der Waals surface area contributed by atoms with Crippen LogP contribution in [0, 0.1) is 0 Å². The van der Waals surface area contributed by atoms with Crippen LogP contribution >= 0.6 is 0 Å². The molecule has 0 N–H and O–H groups in total. The highest BCUT2D eigenvalue weighted by Crippen LogP contribution is 2.11. The highest BCUT2D eigenvalue weighted by atomic mass is 16.6. The van der Waals surface area contributed by atoms with Gasteiger partial charge in [0.1, 0.15) is 6.61 Å². The lowest BCUT2D eigenvalue weighted by Crippen LogP contribution is -2.30. The topological polar surface area (TPSA) is 61.8 Å². The van der Waals surface area contributed by atoms with Crippen molar-refractivity contribution in [1.29, 1.82) is 0 Å². The minimum Gasteiger partial charge on any atom is -0.462 e. The van der Waals surface area contributed by atoms with Gasteiger partial charge in [0.25, 0.3) is 0 Å². The van der Waals surface area contributed by atoms with Crippen molar-refractivity contribution in [3.63, 3.8) is 0 Å². The van der Waals surface area contributed by atoms with Crippen LogP contribution in [0.25, 0.3) is 0 Å². The van der Waals surface area contributed by atoms with Crippen LogP contribution in [0.4, 0.5) is 0 Å². The van der Waals surface area contributed by atoms with Crippen molar-refractivity contribution in [1.82, 2.24) is 0 Å². The van der Waals surface area contributed by atoms with E-state index in [0.717, 1.165) is 135 Å². The van der Waals surface area contributed by atoms with E-state index in [2.05, 4.69) is 154 Å². The number of unbranched alkanes of at least 4 members (excludes halogenated alkanes) is 10. The molecule has 0 radical (unpaired) electrons. The summed E-state index contributed by atoms with van der Waals surface area (Å²) >= 11 is 0. The summed E-state index contributed by atoms with van der Waals surface area (Å²) in [4.78, 5) is 25.3. The molecule has 348 valence electrons. The summed E-state index contributed by atoms with van der Waals surface area (Å²) in [5, 5.41) is 0. The van der Waals surface area contributed by atoms with Crippen molar-refractivity contribution in [3.05, 3.63) is 134 Å². The fourth-order valence-electron chi connectivity index (χ4n) is 6.03. The van der Waals surface area contributed by atoms with E-state index in [0.29, 0.717) is 19.4 Å². The van der Waals surface area contributed by atoms with Crippen molar-refractivity contribution in [2.75, 3.05) is 19.8 Å². The third-order valence-corrected chi connectivity index (χ3v) is 9.63. The second kappa shape index (κ2) is 51.4. The van der Waals surface area contributed by atoms with Crippen molar-refractivity contribution in [2.45, 2.75) is 194 Å². The maximum Gasteiger partial charge on any atom is 0.306 e. The lowest BCUT2D eigenvalue weighted by molar-refractivity contribution is -0.163. The average molecular weight is 855 g/mol. The number of esters is 2. The highest BCUT2D eigenvalue weighted by Gasteiger charge is 2.17. The Bertz CT molecular complexity index is 1330. The molecule has 5 nitrogen and oxygen atoms in total. The molecule has 0 saturated heterocycles. The van der Waals surface area contributed by atoms with Gasteiger partial charge in [-0.2, -0.15) is 0 Å². The SMILES string of the molecule is CC/C=C\C/C=C\C/C=C\C/C=C\C/C=C\CCCCOCC(COC(=O)CCCC/C=C\C/C=C\C/C=C\C/C=C\CC)OC(=O)CCCCCCC/C=C\C/C=C\CCC. The van der Waals surface area contributed by atoms with Gasteiger partial charge in [-0.3, -0.25) is 9.59 Å². The van der Waals surface area contributed by atoms with Crippen molar-refractivity contribution >= 4 is 11.9 Å². The van der Waals surface area contributed by atoms with E-state index in [4.69, 9.17) is 14.2 Å². The molecule has 0 aromatic heterocycles. The fourth-order valence-corrected chi connectivity index (χ4v) is 6.03. The highest BCUT2D eigenvalue weighted by molar-refractivity contribution is 5.70. The third-order valence-electron chi connectivity index (χ3n) is 9.63. The second-order valence-electron chi connectivity index (χ2n) is 15.6. The van der Waals surface area contributed by atoms with E-state index in [1.54, 1.807) is 0 Å². The molecule has 0 spiro atoms. The number of allylic oxidation sites excluding steroid dienone is 22. The molecule has 0 aromatic rings. The number of ether oxygens (including phenoxy) is 3. The first-order valence-electron chi connectivity index (χ1n) is 24.7. The van der Waals surface area contributed by atoms with Gasteiger partial charge >= 0.3 is 11.9 Å². The van der Waals surface area contributed by atoms with Crippen LogP contribution in [-0.2, 0) is 23.8 Å². The molecule has 1 atom stereocenters. The van der Waals surface area contributed by atoms with Crippen LogP contribution in [0.1, 0.15) is 188 Å². The summed E-state index contributed by atoms with van der Waals surface area (Å²) in [6.07, 6.45) is 73.2. The number of carbonyl (C=O) groups excluding carboxylic acids is 2. The summed E-state index contributed by atoms with van der Waals surface area (Å²) in [5.41, 5.74) is 0. The van der Waals surface area contributed by atoms with Gasteiger partial charge in [0.05, 0.1) is 6.61 Å². The molecule has 0 heterocycles. The largest absolute Gasteiger partial charge is 0.462 e. The quantitative estimate of drug-likeness (QED) is 0.0347. The maximum absolute atomic E-state index is 12.8. The standard InChI is InChI=1S/C57H90O5/c1-4-7-10-13-16-19-22-25-27-28-29-31-34-37-40-43-46-49-52-60-53-55(62-57(59)51-48-45-42-39-36-32-24-21-18-15-12-9-6-3)54-61-56(58)50-47-44-41-38-35-33-30-26-23-20-17-14-11-8-5-2/h7-8,10-12,15-17,19-21,24-27,29-31,35,37-38,40,55H,4-6,9,13-14,18,22-23,28,32-34,36,39,41-54H2,1-3H3/b10-7-,11-8-,15-12-,19-16-,20-17-,24-21-,27-25-,30-26-,31-29-,38-35-,40-37-. The first kappa shape index (κ1) is 58.0. The van der Waals surface area contributed by atoms with Gasteiger partial charge in [-0.15, -0.1) is 0 Å². The van der Waals surface area contributed by atoms with Crippen molar-refractivity contribution in [3.8, 4) is 0 Å². The van der Waals surface area contributed by atoms with Gasteiger partial charge in [-0.05, 0) is 128 Å². The summed E-state index contributed by atoms with van der Waals surface area (Å²) in [5.74, 6) is -0.499. The lowest BCUT2D eigenvalue weighted by atomic mass is 10.1. The van der Waals surface area contributed by atoms with Crippen LogP contribution in [0.2, 0.25) is 0 Å². The van der Waals surface area contributed by atoms with Gasteiger partial charge < -0.3 is 14.2 Å².